The normalized spacial score (nSPS) is 16.2. The number of nitrogens with zero attached hydrogens (tertiary/aromatic N) is 5. The maximum atomic E-state index is 12.8. The van der Waals surface area contributed by atoms with E-state index in [9.17, 15) is 18.5 Å². The molecule has 1 N–H and O–H groups in total. The molecule has 0 aliphatic carbocycles. The number of piperazine rings is 1. The molecule has 2 aromatic rings. The summed E-state index contributed by atoms with van der Waals surface area (Å²) in [6, 6.07) is 3.84. The molecule has 1 aromatic carbocycles. The third kappa shape index (κ3) is 4.29. The Balaban J connectivity index is 1.81. The van der Waals surface area contributed by atoms with Crippen LogP contribution in [0.25, 0.3) is 0 Å². The number of hydrogen-bond donors (Lipinski definition) is 1. The van der Waals surface area contributed by atoms with Crippen LogP contribution in [0.1, 0.15) is 18.7 Å². The van der Waals surface area contributed by atoms with E-state index in [0.717, 1.165) is 6.07 Å². The fourth-order valence-corrected chi connectivity index (χ4v) is 4.27. The van der Waals surface area contributed by atoms with Crippen molar-refractivity contribution in [2.24, 2.45) is 0 Å². The molecule has 152 valence electrons. The number of nitrogens with one attached hydrogen (secondary N) is 1. The zero-order valence-corrected chi connectivity index (χ0v) is 16.5. The zero-order valence-electron chi connectivity index (χ0n) is 15.7. The highest BCUT2D eigenvalue weighted by Gasteiger charge is 2.29. The van der Waals surface area contributed by atoms with Crippen LogP contribution >= 0.6 is 0 Å². The first-order valence-corrected chi connectivity index (χ1v) is 10.3. The summed E-state index contributed by atoms with van der Waals surface area (Å²) in [5.41, 5.74) is -0.149. The SMILES string of the molecule is CCc1nnc(CNc2ccc(S(=O)(=O)N3CCN(C)CC3)cc2[N+](=O)[O-])o1. The molecule has 2 heterocycles. The van der Waals surface area contributed by atoms with Gasteiger partial charge in [0, 0.05) is 38.7 Å². The molecule has 1 aliphatic rings. The van der Waals surface area contributed by atoms with Crippen LogP contribution in [0.3, 0.4) is 0 Å². The average molecular weight is 410 g/mol. The second kappa shape index (κ2) is 8.20. The van der Waals surface area contributed by atoms with Gasteiger partial charge in [-0.15, -0.1) is 10.2 Å². The van der Waals surface area contributed by atoms with E-state index >= 15 is 0 Å². The van der Waals surface area contributed by atoms with Gasteiger partial charge in [-0.05, 0) is 19.2 Å². The minimum Gasteiger partial charge on any atom is -0.423 e. The third-order valence-corrected chi connectivity index (χ3v) is 6.40. The minimum atomic E-state index is -3.79. The predicted molar refractivity (Wildman–Crippen MR) is 100 cm³/mol. The molecular formula is C16H22N6O5S. The van der Waals surface area contributed by atoms with Gasteiger partial charge in [-0.1, -0.05) is 6.92 Å². The first-order valence-electron chi connectivity index (χ1n) is 8.83. The van der Waals surface area contributed by atoms with Crippen LogP contribution in [0.5, 0.6) is 0 Å². The fraction of sp³-hybridized carbons (Fsp3) is 0.500. The number of aryl methyl sites for hydroxylation is 1. The maximum absolute atomic E-state index is 12.8. The van der Waals surface area contributed by atoms with Crippen molar-refractivity contribution < 1.29 is 17.8 Å². The van der Waals surface area contributed by atoms with Crippen molar-refractivity contribution in [3.8, 4) is 0 Å². The summed E-state index contributed by atoms with van der Waals surface area (Å²) in [6.07, 6.45) is 0.589. The lowest BCUT2D eigenvalue weighted by Crippen LogP contribution is -2.47. The predicted octanol–water partition coefficient (Wildman–Crippen LogP) is 1.09. The summed E-state index contributed by atoms with van der Waals surface area (Å²) in [5, 5.41) is 22.0. The van der Waals surface area contributed by atoms with E-state index in [1.165, 1.54) is 16.4 Å². The van der Waals surface area contributed by atoms with Crippen molar-refractivity contribution >= 4 is 21.4 Å². The van der Waals surface area contributed by atoms with Gasteiger partial charge < -0.3 is 14.6 Å². The second-order valence-electron chi connectivity index (χ2n) is 6.44. The van der Waals surface area contributed by atoms with E-state index in [2.05, 4.69) is 15.5 Å². The molecule has 0 saturated carbocycles. The molecule has 11 nitrogen and oxygen atoms in total. The van der Waals surface area contributed by atoms with Crippen LogP contribution in [-0.2, 0) is 23.0 Å². The Morgan fingerprint density at radius 2 is 1.89 bits per heavy atom. The van der Waals surface area contributed by atoms with Gasteiger partial charge in [-0.2, -0.15) is 4.31 Å². The number of hydrogen-bond acceptors (Lipinski definition) is 9. The standard InChI is InChI=1S/C16H22N6O5S/c1-3-15-18-19-16(27-15)11-17-13-5-4-12(10-14(13)22(23)24)28(25,26)21-8-6-20(2)7-9-21/h4-5,10,17H,3,6-9,11H2,1-2H3. The molecule has 0 unspecified atom stereocenters. The Hall–Kier alpha value is -2.57. The van der Waals surface area contributed by atoms with E-state index in [1.807, 2.05) is 18.9 Å². The second-order valence-corrected chi connectivity index (χ2v) is 8.38. The Kier molecular flexibility index (Phi) is 5.91. The van der Waals surface area contributed by atoms with E-state index < -0.39 is 14.9 Å². The van der Waals surface area contributed by atoms with Gasteiger partial charge in [0.25, 0.3) is 5.69 Å². The van der Waals surface area contributed by atoms with Crippen LogP contribution < -0.4 is 5.32 Å². The maximum Gasteiger partial charge on any atom is 0.293 e. The van der Waals surface area contributed by atoms with Gasteiger partial charge in [0.15, 0.2) is 0 Å². The van der Waals surface area contributed by atoms with Gasteiger partial charge in [0.05, 0.1) is 16.4 Å². The molecule has 0 spiro atoms. The van der Waals surface area contributed by atoms with E-state index in [1.54, 1.807) is 0 Å². The molecule has 0 atom stereocenters. The first kappa shape index (κ1) is 20.2. The molecule has 1 saturated heterocycles. The quantitative estimate of drug-likeness (QED) is 0.525. The zero-order chi connectivity index (χ0) is 20.3. The first-order chi connectivity index (χ1) is 13.3. The summed E-state index contributed by atoms with van der Waals surface area (Å²) in [5.74, 6) is 0.764. The number of aromatic nitrogens is 2. The van der Waals surface area contributed by atoms with Crippen LogP contribution in [0.4, 0.5) is 11.4 Å². The number of sulfonamides is 1. The monoisotopic (exact) mass is 410 g/mol. The van der Waals surface area contributed by atoms with E-state index in [0.29, 0.717) is 44.4 Å². The molecule has 0 radical (unpaired) electrons. The van der Waals surface area contributed by atoms with Crippen LogP contribution in [-0.4, -0.2) is 66.0 Å². The lowest BCUT2D eigenvalue weighted by molar-refractivity contribution is -0.384. The number of nitro benzene ring substituents is 1. The minimum absolute atomic E-state index is 0.0956. The van der Waals surface area contributed by atoms with Gasteiger partial charge in [0.2, 0.25) is 21.8 Å². The van der Waals surface area contributed by atoms with Crippen molar-refractivity contribution in [2.45, 2.75) is 24.8 Å². The summed E-state index contributed by atoms with van der Waals surface area (Å²) in [7, 11) is -1.87. The van der Waals surface area contributed by atoms with Crippen molar-refractivity contribution in [2.75, 3.05) is 38.5 Å². The van der Waals surface area contributed by atoms with E-state index in [4.69, 9.17) is 4.42 Å². The fourth-order valence-electron chi connectivity index (χ4n) is 2.82. The molecule has 28 heavy (non-hydrogen) atoms. The summed E-state index contributed by atoms with van der Waals surface area (Å²) in [4.78, 5) is 12.8. The molecule has 1 aliphatic heterocycles. The lowest BCUT2D eigenvalue weighted by Gasteiger charge is -2.31. The highest BCUT2D eigenvalue weighted by Crippen LogP contribution is 2.29. The van der Waals surface area contributed by atoms with Crippen LogP contribution in [0.15, 0.2) is 27.5 Å². The molecule has 12 heteroatoms. The van der Waals surface area contributed by atoms with E-state index in [-0.39, 0.29) is 22.8 Å². The molecule has 0 amide bonds. The van der Waals surface area contributed by atoms with Crippen molar-refractivity contribution in [1.82, 2.24) is 19.4 Å². The molecule has 1 aromatic heterocycles. The lowest BCUT2D eigenvalue weighted by atomic mass is 10.2. The number of likely N-dealkylation sites (N-methyl/N-ethyl adjacent to an activating group) is 1. The van der Waals surface area contributed by atoms with Gasteiger partial charge >= 0.3 is 0 Å². The van der Waals surface area contributed by atoms with Crippen LogP contribution in [0, 0.1) is 10.1 Å². The molecule has 1 fully saturated rings. The highest BCUT2D eigenvalue weighted by atomic mass is 32.2. The number of rotatable bonds is 7. The summed E-state index contributed by atoms with van der Waals surface area (Å²) < 4.78 is 32.4. The summed E-state index contributed by atoms with van der Waals surface area (Å²) >= 11 is 0. The number of nitro groups is 1. The van der Waals surface area contributed by atoms with Gasteiger partial charge in [-0.3, -0.25) is 10.1 Å². The largest absolute Gasteiger partial charge is 0.423 e. The topological polar surface area (TPSA) is 135 Å². The van der Waals surface area contributed by atoms with Crippen molar-refractivity contribution in [3.05, 3.63) is 40.1 Å². The van der Waals surface area contributed by atoms with Gasteiger partial charge in [-0.25, -0.2) is 8.42 Å². The molecule has 0 bridgehead atoms. The third-order valence-electron chi connectivity index (χ3n) is 4.51. The van der Waals surface area contributed by atoms with Crippen molar-refractivity contribution in [3.63, 3.8) is 0 Å². The molecule has 3 rings (SSSR count). The Morgan fingerprint density at radius 1 is 1.21 bits per heavy atom. The summed E-state index contributed by atoms with van der Waals surface area (Å²) in [6.45, 7) is 3.90. The van der Waals surface area contributed by atoms with Crippen LogP contribution in [0.2, 0.25) is 0 Å². The highest BCUT2D eigenvalue weighted by molar-refractivity contribution is 7.89. The Labute approximate surface area is 162 Å². The number of benzene rings is 1. The van der Waals surface area contributed by atoms with Crippen molar-refractivity contribution in [1.29, 1.82) is 0 Å². The smallest absolute Gasteiger partial charge is 0.293 e. The van der Waals surface area contributed by atoms with Gasteiger partial charge in [0.1, 0.15) is 5.69 Å². The number of anilines is 1. The molecular weight excluding hydrogens is 388 g/mol. The Bertz CT molecular complexity index is 952. The Morgan fingerprint density at radius 3 is 2.50 bits per heavy atom. The average Bonchev–Trinajstić information content (AvgIpc) is 3.14.